The topological polar surface area (TPSA) is 49.8 Å². The van der Waals surface area contributed by atoms with E-state index in [1.807, 2.05) is 0 Å². The lowest BCUT2D eigenvalue weighted by atomic mass is 10.0. The van der Waals surface area contributed by atoms with Crippen LogP contribution in [0.15, 0.2) is 24.3 Å². The van der Waals surface area contributed by atoms with Gasteiger partial charge in [0.1, 0.15) is 6.10 Å². The number of alkyl halides is 3. The molecule has 2 rings (SSSR count). The Bertz CT molecular complexity index is 490. The van der Waals surface area contributed by atoms with E-state index in [4.69, 9.17) is 9.84 Å². The van der Waals surface area contributed by atoms with Gasteiger partial charge in [-0.05, 0) is 17.7 Å². The van der Waals surface area contributed by atoms with Crippen molar-refractivity contribution in [1.29, 1.82) is 0 Å². The molecule has 4 nitrogen and oxygen atoms in total. The normalized spacial score (nSPS) is 19.9. The maximum atomic E-state index is 12.6. The first-order chi connectivity index (χ1) is 9.41. The highest BCUT2D eigenvalue weighted by Gasteiger charge is 2.33. The zero-order valence-corrected chi connectivity index (χ0v) is 10.6. The van der Waals surface area contributed by atoms with Crippen LogP contribution in [0.1, 0.15) is 23.7 Å². The Hall–Kier alpha value is -1.76. The number of nitrogens with zero attached hydrogens (tertiary/aromatic N) is 1. The summed E-state index contributed by atoms with van der Waals surface area (Å²) in [6, 6.07) is 4.78. The van der Waals surface area contributed by atoms with Gasteiger partial charge in [0.25, 0.3) is 0 Å². The molecule has 0 aromatic heterocycles. The van der Waals surface area contributed by atoms with E-state index in [0.717, 1.165) is 12.1 Å². The Morgan fingerprint density at radius 3 is 2.75 bits per heavy atom. The van der Waals surface area contributed by atoms with Crippen molar-refractivity contribution in [2.24, 2.45) is 0 Å². The van der Waals surface area contributed by atoms with E-state index >= 15 is 0 Å². The van der Waals surface area contributed by atoms with Crippen molar-refractivity contribution in [2.45, 2.75) is 18.7 Å². The molecule has 1 heterocycles. The number of aliphatic hydroxyl groups is 1. The van der Waals surface area contributed by atoms with Gasteiger partial charge in [0.05, 0.1) is 12.2 Å². The predicted octanol–water partition coefficient (Wildman–Crippen LogP) is 2.58. The summed E-state index contributed by atoms with van der Waals surface area (Å²) < 4.78 is 43.0. The van der Waals surface area contributed by atoms with Gasteiger partial charge in [-0.15, -0.1) is 0 Å². The SMILES string of the molecule is O=C1OC(c2cccc(C(F)(F)F)c2)CCN1CCO. The summed E-state index contributed by atoms with van der Waals surface area (Å²) in [6.45, 7) is 0.331. The molecule has 0 radical (unpaired) electrons. The summed E-state index contributed by atoms with van der Waals surface area (Å²) in [4.78, 5) is 12.9. The van der Waals surface area contributed by atoms with Crippen LogP contribution in [0.5, 0.6) is 0 Å². The molecule has 20 heavy (non-hydrogen) atoms. The Morgan fingerprint density at radius 2 is 2.15 bits per heavy atom. The van der Waals surface area contributed by atoms with Gasteiger partial charge in [0.15, 0.2) is 0 Å². The molecule has 0 aliphatic carbocycles. The lowest BCUT2D eigenvalue weighted by molar-refractivity contribution is -0.137. The van der Waals surface area contributed by atoms with E-state index in [2.05, 4.69) is 0 Å². The smallest absolute Gasteiger partial charge is 0.416 e. The first-order valence-electron chi connectivity index (χ1n) is 6.15. The van der Waals surface area contributed by atoms with Crippen LogP contribution in [0.25, 0.3) is 0 Å². The number of β-amino-alcohol motifs (C(OH)–C–C–N with tert-alkyl or cyclic N) is 1. The molecule has 1 aromatic carbocycles. The zero-order valence-electron chi connectivity index (χ0n) is 10.6. The number of benzene rings is 1. The average Bonchev–Trinajstić information content (AvgIpc) is 2.40. The van der Waals surface area contributed by atoms with Crippen molar-refractivity contribution in [3.8, 4) is 0 Å². The first-order valence-corrected chi connectivity index (χ1v) is 6.15. The minimum Gasteiger partial charge on any atom is -0.441 e. The molecule has 1 fully saturated rings. The van der Waals surface area contributed by atoms with Gasteiger partial charge >= 0.3 is 12.3 Å². The summed E-state index contributed by atoms with van der Waals surface area (Å²) in [7, 11) is 0. The fourth-order valence-corrected chi connectivity index (χ4v) is 2.09. The van der Waals surface area contributed by atoms with Gasteiger partial charge in [-0.2, -0.15) is 13.2 Å². The molecule has 0 saturated carbocycles. The second-order valence-electron chi connectivity index (χ2n) is 4.49. The number of hydrogen-bond acceptors (Lipinski definition) is 3. The largest absolute Gasteiger partial charge is 0.441 e. The second-order valence-corrected chi connectivity index (χ2v) is 4.49. The fourth-order valence-electron chi connectivity index (χ4n) is 2.09. The van der Waals surface area contributed by atoms with Gasteiger partial charge in [-0.1, -0.05) is 12.1 Å². The van der Waals surface area contributed by atoms with Crippen LogP contribution in [0, 0.1) is 0 Å². The first kappa shape index (κ1) is 14.6. The molecule has 1 saturated heterocycles. The van der Waals surface area contributed by atoms with Crippen LogP contribution in [0.2, 0.25) is 0 Å². The maximum absolute atomic E-state index is 12.6. The Labute approximate surface area is 113 Å². The van der Waals surface area contributed by atoms with Crippen molar-refractivity contribution in [3.05, 3.63) is 35.4 Å². The van der Waals surface area contributed by atoms with Crippen LogP contribution in [0.3, 0.4) is 0 Å². The van der Waals surface area contributed by atoms with E-state index in [0.29, 0.717) is 18.5 Å². The predicted molar refractivity (Wildman–Crippen MR) is 63.9 cm³/mol. The van der Waals surface area contributed by atoms with Crippen molar-refractivity contribution in [1.82, 2.24) is 4.90 Å². The summed E-state index contributed by atoms with van der Waals surface area (Å²) in [5, 5.41) is 8.77. The average molecular weight is 289 g/mol. The standard InChI is InChI=1S/C13H14F3NO3/c14-13(15,16)10-3-1-2-9(8-10)11-4-5-17(6-7-18)12(19)20-11/h1-3,8,11,18H,4-7H2. The molecule has 1 N–H and O–H groups in total. The molecule has 7 heteroatoms. The molecule has 1 aliphatic rings. The van der Waals surface area contributed by atoms with Gasteiger partial charge in [0, 0.05) is 19.5 Å². The second kappa shape index (κ2) is 5.70. The van der Waals surface area contributed by atoms with Crippen molar-refractivity contribution in [2.75, 3.05) is 19.7 Å². The van der Waals surface area contributed by atoms with E-state index < -0.39 is 23.9 Å². The van der Waals surface area contributed by atoms with Crippen LogP contribution in [-0.2, 0) is 10.9 Å². The summed E-state index contributed by atoms with van der Waals surface area (Å²) in [5.41, 5.74) is -0.430. The van der Waals surface area contributed by atoms with Gasteiger partial charge in [0.2, 0.25) is 0 Å². The molecular weight excluding hydrogens is 275 g/mol. The third-order valence-electron chi connectivity index (χ3n) is 3.12. The number of hydrogen-bond donors (Lipinski definition) is 1. The minimum absolute atomic E-state index is 0.161. The molecule has 1 atom stereocenters. The molecule has 1 unspecified atom stereocenters. The molecule has 0 bridgehead atoms. The van der Waals surface area contributed by atoms with Gasteiger partial charge < -0.3 is 14.7 Å². The molecule has 110 valence electrons. The Balaban J connectivity index is 2.12. The quantitative estimate of drug-likeness (QED) is 0.930. The third-order valence-corrected chi connectivity index (χ3v) is 3.12. The summed E-state index contributed by atoms with van der Waals surface area (Å²) >= 11 is 0. The summed E-state index contributed by atoms with van der Waals surface area (Å²) in [5.74, 6) is 0. The highest BCUT2D eigenvalue weighted by Crippen LogP contribution is 2.33. The van der Waals surface area contributed by atoms with E-state index in [1.54, 1.807) is 0 Å². The molecular formula is C13H14F3NO3. The van der Waals surface area contributed by atoms with Gasteiger partial charge in [-0.3, -0.25) is 0 Å². The monoisotopic (exact) mass is 289 g/mol. The number of amides is 1. The van der Waals surface area contributed by atoms with Gasteiger partial charge in [-0.25, -0.2) is 4.79 Å². The minimum atomic E-state index is -4.42. The maximum Gasteiger partial charge on any atom is 0.416 e. The number of rotatable bonds is 3. The van der Waals surface area contributed by atoms with Crippen molar-refractivity contribution in [3.63, 3.8) is 0 Å². The van der Waals surface area contributed by atoms with Crippen LogP contribution < -0.4 is 0 Å². The fraction of sp³-hybridized carbons (Fsp3) is 0.462. The number of carbonyl (C=O) groups excluding carboxylic acids is 1. The highest BCUT2D eigenvalue weighted by molar-refractivity contribution is 5.68. The Morgan fingerprint density at radius 1 is 1.40 bits per heavy atom. The van der Waals surface area contributed by atoms with Crippen LogP contribution in [-0.4, -0.2) is 35.8 Å². The lowest BCUT2D eigenvalue weighted by Crippen LogP contribution is -2.40. The molecule has 1 amide bonds. The zero-order chi connectivity index (χ0) is 14.8. The Kier molecular flexibility index (Phi) is 4.17. The number of carbonyl (C=O) groups is 1. The number of cyclic esters (lactones) is 1. The molecule has 0 spiro atoms. The van der Waals surface area contributed by atoms with Crippen LogP contribution in [0.4, 0.5) is 18.0 Å². The third kappa shape index (κ3) is 3.22. The van der Waals surface area contributed by atoms with E-state index in [9.17, 15) is 18.0 Å². The lowest BCUT2D eigenvalue weighted by Gasteiger charge is -2.31. The summed E-state index contributed by atoms with van der Waals surface area (Å²) in [6.07, 6.45) is -5.32. The van der Waals surface area contributed by atoms with E-state index in [-0.39, 0.29) is 13.2 Å². The van der Waals surface area contributed by atoms with Crippen LogP contribution >= 0.6 is 0 Å². The van der Waals surface area contributed by atoms with Crippen molar-refractivity contribution >= 4 is 6.09 Å². The number of halogens is 3. The number of ether oxygens (including phenoxy) is 1. The number of aliphatic hydroxyl groups excluding tert-OH is 1. The van der Waals surface area contributed by atoms with Crippen molar-refractivity contribution < 1.29 is 27.8 Å². The molecule has 1 aromatic rings. The van der Waals surface area contributed by atoms with E-state index in [1.165, 1.54) is 17.0 Å². The highest BCUT2D eigenvalue weighted by atomic mass is 19.4. The molecule has 1 aliphatic heterocycles.